The van der Waals surface area contributed by atoms with Gasteiger partial charge in [0.1, 0.15) is 5.52 Å². The monoisotopic (exact) mass is 302 g/mol. The molecule has 0 atom stereocenters. The second-order valence-corrected chi connectivity index (χ2v) is 5.49. The SMILES string of the molecule is CN(C)C(=O)N1CCN(C(=O)c2ccc3ocnc3c2)CC1. The van der Waals surface area contributed by atoms with Crippen LogP contribution in [0.15, 0.2) is 29.0 Å². The maximum absolute atomic E-state index is 12.5. The molecule has 3 rings (SSSR count). The highest BCUT2D eigenvalue weighted by molar-refractivity contribution is 5.97. The van der Waals surface area contributed by atoms with Crippen LogP contribution in [0.1, 0.15) is 10.4 Å². The predicted molar refractivity (Wildman–Crippen MR) is 80.6 cm³/mol. The maximum Gasteiger partial charge on any atom is 0.319 e. The highest BCUT2D eigenvalue weighted by atomic mass is 16.3. The summed E-state index contributed by atoms with van der Waals surface area (Å²) in [6, 6.07) is 5.21. The maximum atomic E-state index is 12.5. The first kappa shape index (κ1) is 14.4. The molecule has 2 aromatic rings. The van der Waals surface area contributed by atoms with Crippen molar-refractivity contribution >= 4 is 23.0 Å². The third kappa shape index (κ3) is 2.61. The summed E-state index contributed by atoms with van der Waals surface area (Å²) in [6.45, 7) is 2.18. The number of piperazine rings is 1. The van der Waals surface area contributed by atoms with Gasteiger partial charge in [0.15, 0.2) is 12.0 Å². The minimum absolute atomic E-state index is 0.0175. The molecule has 7 nitrogen and oxygen atoms in total. The van der Waals surface area contributed by atoms with E-state index < -0.39 is 0 Å². The van der Waals surface area contributed by atoms with Gasteiger partial charge in [0.25, 0.3) is 5.91 Å². The minimum atomic E-state index is -0.0400. The van der Waals surface area contributed by atoms with Crippen LogP contribution in [0.5, 0.6) is 0 Å². The number of oxazole rings is 1. The molecular weight excluding hydrogens is 284 g/mol. The first-order valence-electron chi connectivity index (χ1n) is 7.15. The largest absolute Gasteiger partial charge is 0.443 e. The van der Waals surface area contributed by atoms with E-state index in [1.807, 2.05) is 0 Å². The van der Waals surface area contributed by atoms with Crippen molar-refractivity contribution in [1.29, 1.82) is 0 Å². The lowest BCUT2D eigenvalue weighted by Gasteiger charge is -2.36. The molecule has 2 heterocycles. The molecule has 0 saturated carbocycles. The molecule has 1 fully saturated rings. The lowest BCUT2D eigenvalue weighted by atomic mass is 10.1. The van der Waals surface area contributed by atoms with Gasteiger partial charge in [-0.1, -0.05) is 0 Å². The molecule has 0 bridgehead atoms. The van der Waals surface area contributed by atoms with Crippen molar-refractivity contribution < 1.29 is 14.0 Å². The molecule has 1 aromatic heterocycles. The van der Waals surface area contributed by atoms with E-state index in [0.29, 0.717) is 42.8 Å². The molecule has 1 aliphatic rings. The highest BCUT2D eigenvalue weighted by Crippen LogP contribution is 2.16. The highest BCUT2D eigenvalue weighted by Gasteiger charge is 2.25. The van der Waals surface area contributed by atoms with Gasteiger partial charge >= 0.3 is 6.03 Å². The molecule has 1 aliphatic heterocycles. The summed E-state index contributed by atoms with van der Waals surface area (Å²) in [4.78, 5) is 33.6. The van der Waals surface area contributed by atoms with Crippen LogP contribution < -0.4 is 0 Å². The quantitative estimate of drug-likeness (QED) is 0.795. The Morgan fingerprint density at radius 1 is 1.14 bits per heavy atom. The van der Waals surface area contributed by atoms with Gasteiger partial charge in [-0.15, -0.1) is 0 Å². The van der Waals surface area contributed by atoms with Gasteiger partial charge < -0.3 is 19.1 Å². The lowest BCUT2D eigenvalue weighted by molar-refractivity contribution is 0.0650. The molecule has 3 amide bonds. The van der Waals surface area contributed by atoms with Gasteiger partial charge in [-0.25, -0.2) is 9.78 Å². The van der Waals surface area contributed by atoms with E-state index in [2.05, 4.69) is 4.98 Å². The van der Waals surface area contributed by atoms with E-state index in [1.54, 1.807) is 47.0 Å². The topological polar surface area (TPSA) is 69.9 Å². The van der Waals surface area contributed by atoms with Gasteiger partial charge in [-0.3, -0.25) is 4.79 Å². The average molecular weight is 302 g/mol. The van der Waals surface area contributed by atoms with Gasteiger partial charge in [0.2, 0.25) is 0 Å². The van der Waals surface area contributed by atoms with Gasteiger partial charge in [-0.2, -0.15) is 0 Å². The number of carbonyl (C=O) groups excluding carboxylic acids is 2. The number of hydrogen-bond donors (Lipinski definition) is 0. The Hall–Kier alpha value is -2.57. The van der Waals surface area contributed by atoms with Crippen molar-refractivity contribution in [1.82, 2.24) is 19.7 Å². The fourth-order valence-corrected chi connectivity index (χ4v) is 2.56. The lowest BCUT2D eigenvalue weighted by Crippen LogP contribution is -2.52. The summed E-state index contributed by atoms with van der Waals surface area (Å²) >= 11 is 0. The Labute approximate surface area is 128 Å². The van der Waals surface area contributed by atoms with Crippen molar-refractivity contribution in [2.75, 3.05) is 40.3 Å². The van der Waals surface area contributed by atoms with E-state index in [0.717, 1.165) is 0 Å². The minimum Gasteiger partial charge on any atom is -0.443 e. The van der Waals surface area contributed by atoms with Crippen molar-refractivity contribution in [2.24, 2.45) is 0 Å². The first-order chi connectivity index (χ1) is 10.6. The smallest absolute Gasteiger partial charge is 0.319 e. The predicted octanol–water partition coefficient (Wildman–Crippen LogP) is 1.27. The van der Waals surface area contributed by atoms with E-state index in [1.165, 1.54) is 6.39 Å². The van der Waals surface area contributed by atoms with E-state index >= 15 is 0 Å². The number of hydrogen-bond acceptors (Lipinski definition) is 4. The van der Waals surface area contributed by atoms with E-state index in [9.17, 15) is 9.59 Å². The van der Waals surface area contributed by atoms with Crippen LogP contribution in [0.4, 0.5) is 4.79 Å². The van der Waals surface area contributed by atoms with Gasteiger partial charge in [0, 0.05) is 45.8 Å². The number of rotatable bonds is 1. The Morgan fingerprint density at radius 2 is 1.82 bits per heavy atom. The zero-order chi connectivity index (χ0) is 15.7. The molecule has 116 valence electrons. The molecule has 7 heteroatoms. The zero-order valence-corrected chi connectivity index (χ0v) is 12.7. The molecule has 0 radical (unpaired) electrons. The third-order valence-corrected chi connectivity index (χ3v) is 3.80. The van der Waals surface area contributed by atoms with Crippen molar-refractivity contribution in [3.63, 3.8) is 0 Å². The van der Waals surface area contributed by atoms with Crippen molar-refractivity contribution in [3.05, 3.63) is 30.2 Å². The Bertz CT molecular complexity index is 702. The summed E-state index contributed by atoms with van der Waals surface area (Å²) < 4.78 is 5.18. The summed E-state index contributed by atoms with van der Waals surface area (Å²) in [6.07, 6.45) is 1.37. The Kier molecular flexibility index (Phi) is 3.70. The van der Waals surface area contributed by atoms with Gasteiger partial charge in [0.05, 0.1) is 0 Å². The molecule has 0 spiro atoms. The van der Waals surface area contributed by atoms with Crippen LogP contribution in [-0.2, 0) is 0 Å². The zero-order valence-electron chi connectivity index (χ0n) is 12.7. The molecule has 0 unspecified atom stereocenters. The van der Waals surface area contributed by atoms with Crippen molar-refractivity contribution in [2.45, 2.75) is 0 Å². The Balaban J connectivity index is 1.68. The third-order valence-electron chi connectivity index (χ3n) is 3.80. The number of fused-ring (bicyclic) bond motifs is 1. The van der Waals surface area contributed by atoms with Gasteiger partial charge in [-0.05, 0) is 18.2 Å². The molecule has 0 N–H and O–H groups in total. The van der Waals surface area contributed by atoms with Crippen LogP contribution in [0.3, 0.4) is 0 Å². The number of benzene rings is 1. The number of urea groups is 1. The van der Waals surface area contributed by atoms with Crippen LogP contribution in [-0.4, -0.2) is 71.9 Å². The van der Waals surface area contributed by atoms with Crippen LogP contribution in [0.25, 0.3) is 11.1 Å². The van der Waals surface area contributed by atoms with Crippen LogP contribution in [0.2, 0.25) is 0 Å². The summed E-state index contributed by atoms with van der Waals surface area (Å²) in [5, 5.41) is 0. The summed E-state index contributed by atoms with van der Waals surface area (Å²) in [5.74, 6) is -0.0400. The average Bonchev–Trinajstić information content (AvgIpc) is 3.01. The fourth-order valence-electron chi connectivity index (χ4n) is 2.56. The van der Waals surface area contributed by atoms with Crippen LogP contribution in [0, 0.1) is 0 Å². The number of amides is 3. The molecule has 22 heavy (non-hydrogen) atoms. The van der Waals surface area contributed by atoms with Crippen molar-refractivity contribution in [3.8, 4) is 0 Å². The Morgan fingerprint density at radius 3 is 2.50 bits per heavy atom. The molecule has 1 aromatic carbocycles. The number of aromatic nitrogens is 1. The standard InChI is InChI=1S/C15H18N4O3/c1-17(2)15(21)19-7-5-18(6-8-19)14(20)11-3-4-13-12(9-11)16-10-22-13/h3-4,9-10H,5-8H2,1-2H3. The van der Waals surface area contributed by atoms with E-state index in [-0.39, 0.29) is 11.9 Å². The second kappa shape index (κ2) is 5.67. The normalized spacial score (nSPS) is 15.2. The van der Waals surface area contributed by atoms with E-state index in [4.69, 9.17) is 4.42 Å². The summed E-state index contributed by atoms with van der Waals surface area (Å²) in [7, 11) is 3.46. The number of nitrogens with zero attached hydrogens (tertiary/aromatic N) is 4. The fraction of sp³-hybridized carbons (Fsp3) is 0.400. The summed E-state index contributed by atoms with van der Waals surface area (Å²) in [5.41, 5.74) is 1.93. The first-order valence-corrected chi connectivity index (χ1v) is 7.15. The molecular formula is C15H18N4O3. The second-order valence-electron chi connectivity index (χ2n) is 5.49. The molecule has 1 saturated heterocycles. The molecule has 0 aliphatic carbocycles. The van der Waals surface area contributed by atoms with Crippen LogP contribution >= 0.6 is 0 Å². The number of carbonyl (C=O) groups is 2.